The lowest BCUT2D eigenvalue weighted by Gasteiger charge is -2.20. The Hall–Kier alpha value is -1.32. The molecule has 0 aromatic rings. The third-order valence-electron chi connectivity index (χ3n) is 1.08. The van der Waals surface area contributed by atoms with Crippen molar-refractivity contribution in [2.75, 3.05) is 7.11 Å². The van der Waals surface area contributed by atoms with Gasteiger partial charge in [0.2, 0.25) is 0 Å². The Balaban J connectivity index is 5.04. The van der Waals surface area contributed by atoms with Crippen molar-refractivity contribution < 1.29 is 26.7 Å². The van der Waals surface area contributed by atoms with E-state index in [0.717, 1.165) is 6.07 Å². The van der Waals surface area contributed by atoms with Crippen LogP contribution in [0.15, 0.2) is 11.8 Å². The summed E-state index contributed by atoms with van der Waals surface area (Å²) in [5.74, 6) is -6.85. The summed E-state index contributed by atoms with van der Waals surface area (Å²) in [4.78, 5) is 0. The largest absolute Gasteiger partial charge is 0.494 e. The molecule has 0 spiro atoms. The van der Waals surface area contributed by atoms with E-state index in [1.807, 2.05) is 0 Å². The number of nitriles is 1. The van der Waals surface area contributed by atoms with Crippen molar-refractivity contribution in [1.82, 2.24) is 0 Å². The van der Waals surface area contributed by atoms with Crippen LogP contribution in [0.5, 0.6) is 0 Å². The highest BCUT2D eigenvalue weighted by Crippen LogP contribution is 2.40. The molecule has 0 amide bonds. The van der Waals surface area contributed by atoms with Gasteiger partial charge in [0.15, 0.2) is 5.76 Å². The minimum Gasteiger partial charge on any atom is -0.494 e. The van der Waals surface area contributed by atoms with Gasteiger partial charge in [0.25, 0.3) is 0 Å². The third-order valence-corrected chi connectivity index (χ3v) is 1.08. The fraction of sp³-hybridized carbons (Fsp3) is 0.500. The van der Waals surface area contributed by atoms with Crippen molar-refractivity contribution >= 4 is 0 Å². The lowest BCUT2D eigenvalue weighted by atomic mass is 10.2. The number of rotatable bonds is 2. The van der Waals surface area contributed by atoms with E-state index < -0.39 is 17.9 Å². The van der Waals surface area contributed by atoms with Crippen molar-refractivity contribution in [3.63, 3.8) is 0 Å². The fourth-order valence-corrected chi connectivity index (χ4v) is 0.476. The molecule has 0 atom stereocenters. The summed E-state index contributed by atoms with van der Waals surface area (Å²) in [5.41, 5.74) is 0. The van der Waals surface area contributed by atoms with Crippen LogP contribution in [0.2, 0.25) is 0 Å². The van der Waals surface area contributed by atoms with Gasteiger partial charge in [-0.15, -0.1) is 0 Å². The van der Waals surface area contributed by atoms with E-state index >= 15 is 0 Å². The smallest absolute Gasteiger partial charge is 0.461 e. The highest BCUT2D eigenvalue weighted by atomic mass is 19.4. The number of allylic oxidation sites excluding steroid dienone is 2. The second-order valence-electron chi connectivity index (χ2n) is 1.91. The third kappa shape index (κ3) is 2.31. The Kier molecular flexibility index (Phi) is 3.23. The summed E-state index contributed by atoms with van der Waals surface area (Å²) >= 11 is 0. The van der Waals surface area contributed by atoms with E-state index in [4.69, 9.17) is 5.26 Å². The van der Waals surface area contributed by atoms with Crippen molar-refractivity contribution in [2.45, 2.75) is 12.1 Å². The zero-order valence-electron chi connectivity index (χ0n) is 6.32. The molecule has 0 unspecified atom stereocenters. The zero-order chi connectivity index (χ0) is 10.7. The quantitative estimate of drug-likeness (QED) is 0.390. The van der Waals surface area contributed by atoms with Gasteiger partial charge < -0.3 is 4.74 Å². The maximum atomic E-state index is 12.3. The lowest BCUT2D eigenvalue weighted by Crippen LogP contribution is -2.38. The van der Waals surface area contributed by atoms with Crippen LogP contribution in [0.25, 0.3) is 0 Å². The molecule has 0 heterocycles. The maximum Gasteiger partial charge on any atom is 0.461 e. The summed E-state index contributed by atoms with van der Waals surface area (Å²) in [6, 6.07) is 1.03. The molecule has 0 aromatic carbocycles. The number of nitrogens with zero attached hydrogens (tertiary/aromatic N) is 1. The first-order chi connectivity index (χ1) is 5.77. The van der Waals surface area contributed by atoms with E-state index in [0.29, 0.717) is 7.11 Å². The van der Waals surface area contributed by atoms with Crippen LogP contribution in [0.4, 0.5) is 22.0 Å². The van der Waals surface area contributed by atoms with Gasteiger partial charge in [-0.2, -0.15) is 27.2 Å². The molecule has 0 bridgehead atoms. The van der Waals surface area contributed by atoms with Crippen molar-refractivity contribution in [2.24, 2.45) is 0 Å². The monoisotopic (exact) mass is 201 g/mol. The molecule has 0 fully saturated rings. The van der Waals surface area contributed by atoms with E-state index in [1.165, 1.54) is 0 Å². The molecule has 0 saturated carbocycles. The Labute approximate surface area is 70.2 Å². The fourth-order valence-electron chi connectivity index (χ4n) is 0.476. The first-order valence-electron chi connectivity index (χ1n) is 2.86. The molecule has 0 saturated heterocycles. The van der Waals surface area contributed by atoms with Crippen molar-refractivity contribution in [3.8, 4) is 6.07 Å². The van der Waals surface area contributed by atoms with Gasteiger partial charge in [-0.1, -0.05) is 0 Å². The molecule has 0 aliphatic heterocycles. The first-order valence-corrected chi connectivity index (χ1v) is 2.86. The number of hydrogen-bond donors (Lipinski definition) is 0. The van der Waals surface area contributed by atoms with Crippen LogP contribution in [-0.4, -0.2) is 19.2 Å². The van der Waals surface area contributed by atoms with Crippen molar-refractivity contribution in [1.29, 1.82) is 5.26 Å². The highest BCUT2D eigenvalue weighted by molar-refractivity contribution is 5.16. The normalized spacial score (nSPS) is 13.8. The Morgan fingerprint density at radius 1 is 1.31 bits per heavy atom. The number of halogens is 5. The minimum absolute atomic E-state index is 0.00743. The molecule has 0 aromatic heterocycles. The summed E-state index contributed by atoms with van der Waals surface area (Å²) in [6.07, 6.45) is -5.75. The predicted octanol–water partition coefficient (Wildman–Crippen LogP) is 2.24. The molecule has 13 heavy (non-hydrogen) atoms. The van der Waals surface area contributed by atoms with Crippen LogP contribution in [-0.2, 0) is 4.74 Å². The SMILES string of the molecule is COC(=CC#N)C(F)(F)C(F)(F)F. The molecule has 0 aliphatic carbocycles. The molecular weight excluding hydrogens is 197 g/mol. The first kappa shape index (κ1) is 11.7. The maximum absolute atomic E-state index is 12.3. The van der Waals surface area contributed by atoms with E-state index in [1.54, 1.807) is 0 Å². The molecule has 74 valence electrons. The van der Waals surface area contributed by atoms with E-state index in [2.05, 4.69) is 4.74 Å². The van der Waals surface area contributed by atoms with Gasteiger partial charge in [-0.25, -0.2) is 0 Å². The number of alkyl halides is 5. The molecule has 0 radical (unpaired) electrons. The van der Waals surface area contributed by atoms with Gasteiger partial charge in [-0.05, 0) is 0 Å². The van der Waals surface area contributed by atoms with Crippen LogP contribution in [0.1, 0.15) is 0 Å². The summed E-state index contributed by atoms with van der Waals surface area (Å²) in [7, 11) is 0.628. The standard InChI is InChI=1S/C6H4F5NO/c1-13-4(2-3-12)5(7,8)6(9,10)11/h2H,1H3. The number of ether oxygens (including phenoxy) is 1. The molecule has 0 aliphatic rings. The van der Waals surface area contributed by atoms with Crippen LogP contribution in [0.3, 0.4) is 0 Å². The number of hydrogen-bond acceptors (Lipinski definition) is 2. The topological polar surface area (TPSA) is 33.0 Å². The molecule has 2 nitrogen and oxygen atoms in total. The van der Waals surface area contributed by atoms with Gasteiger partial charge in [0.05, 0.1) is 19.3 Å². The second-order valence-corrected chi connectivity index (χ2v) is 1.91. The number of methoxy groups -OCH3 is 1. The van der Waals surface area contributed by atoms with E-state index in [9.17, 15) is 22.0 Å². The molecule has 0 N–H and O–H groups in total. The highest BCUT2D eigenvalue weighted by Gasteiger charge is 2.61. The van der Waals surface area contributed by atoms with Gasteiger partial charge in [-0.3, -0.25) is 0 Å². The Morgan fingerprint density at radius 3 is 2.00 bits per heavy atom. The van der Waals surface area contributed by atoms with Crippen molar-refractivity contribution in [3.05, 3.63) is 11.8 Å². The summed E-state index contributed by atoms with van der Waals surface area (Å²) < 4.78 is 63.2. The Bertz CT molecular complexity index is 249. The van der Waals surface area contributed by atoms with Crippen LogP contribution < -0.4 is 0 Å². The Morgan fingerprint density at radius 2 is 1.77 bits per heavy atom. The average molecular weight is 201 g/mol. The molecular formula is C6H4F5NO. The van der Waals surface area contributed by atoms with Gasteiger partial charge >= 0.3 is 12.1 Å². The van der Waals surface area contributed by atoms with Gasteiger partial charge in [0.1, 0.15) is 0 Å². The minimum atomic E-state index is -5.76. The molecule has 0 rings (SSSR count). The van der Waals surface area contributed by atoms with Crippen LogP contribution in [0, 0.1) is 11.3 Å². The molecule has 7 heteroatoms. The summed E-state index contributed by atoms with van der Waals surface area (Å²) in [5, 5.41) is 7.89. The average Bonchev–Trinajstić information content (AvgIpc) is 1.97. The zero-order valence-corrected chi connectivity index (χ0v) is 6.32. The lowest BCUT2D eigenvalue weighted by molar-refractivity contribution is -0.275. The van der Waals surface area contributed by atoms with E-state index in [-0.39, 0.29) is 6.08 Å². The second kappa shape index (κ2) is 3.60. The predicted molar refractivity (Wildman–Crippen MR) is 31.7 cm³/mol. The summed E-state index contributed by atoms with van der Waals surface area (Å²) in [6.45, 7) is 0. The van der Waals surface area contributed by atoms with Crippen LogP contribution >= 0.6 is 0 Å². The van der Waals surface area contributed by atoms with Gasteiger partial charge in [0, 0.05) is 0 Å².